The fourth-order valence-corrected chi connectivity index (χ4v) is 3.12. The molecule has 0 fully saturated rings. The summed E-state index contributed by atoms with van der Waals surface area (Å²) in [6.07, 6.45) is 2.68. The van der Waals surface area contributed by atoms with Gasteiger partial charge in [-0.15, -0.1) is 0 Å². The Morgan fingerprint density at radius 3 is 2.42 bits per heavy atom. The van der Waals surface area contributed by atoms with Gasteiger partial charge in [0, 0.05) is 23.3 Å². The monoisotopic (exact) mass is 321 g/mol. The molecule has 118 valence electrons. The Hall–Kier alpha value is -3.41. The van der Waals surface area contributed by atoms with Crippen LogP contribution in [0.2, 0.25) is 0 Å². The van der Waals surface area contributed by atoms with E-state index in [0.717, 1.165) is 0 Å². The zero-order chi connectivity index (χ0) is 17.0. The number of aromatic hydroxyl groups is 2. The quantitative estimate of drug-likeness (QED) is 0.523. The first-order chi connectivity index (χ1) is 11.6. The lowest BCUT2D eigenvalue weighted by molar-refractivity contribution is 0.0974. The van der Waals surface area contributed by atoms with Crippen LogP contribution in [0.15, 0.2) is 36.7 Å². The maximum atomic E-state index is 12.8. The average Bonchev–Trinajstić information content (AvgIpc) is 2.62. The highest BCUT2D eigenvalue weighted by molar-refractivity contribution is 6.32. The number of carbonyl (C=O) groups excluding carboxylic acids is 2. The number of pyridine rings is 1. The topological polar surface area (TPSA) is 96.7 Å². The van der Waals surface area contributed by atoms with Crippen molar-refractivity contribution >= 4 is 22.3 Å². The first-order valence-corrected chi connectivity index (χ1v) is 7.14. The molecule has 0 unspecified atom stereocenters. The Morgan fingerprint density at radius 1 is 0.958 bits per heavy atom. The highest BCUT2D eigenvalue weighted by atomic mass is 16.5. The lowest BCUT2D eigenvalue weighted by Gasteiger charge is -2.21. The van der Waals surface area contributed by atoms with Gasteiger partial charge in [0.1, 0.15) is 17.2 Å². The summed E-state index contributed by atoms with van der Waals surface area (Å²) >= 11 is 0. The Bertz CT molecular complexity index is 1050. The van der Waals surface area contributed by atoms with Crippen LogP contribution in [-0.4, -0.2) is 33.9 Å². The molecule has 1 aliphatic carbocycles. The molecule has 1 aromatic heterocycles. The number of aromatic nitrogens is 1. The predicted molar refractivity (Wildman–Crippen MR) is 84.9 cm³/mol. The van der Waals surface area contributed by atoms with Gasteiger partial charge in [-0.25, -0.2) is 0 Å². The van der Waals surface area contributed by atoms with Crippen LogP contribution in [0.3, 0.4) is 0 Å². The Kier molecular flexibility index (Phi) is 2.83. The number of ketones is 2. The molecule has 24 heavy (non-hydrogen) atoms. The van der Waals surface area contributed by atoms with Crippen molar-refractivity contribution in [1.82, 2.24) is 4.98 Å². The van der Waals surface area contributed by atoms with Crippen LogP contribution in [0.25, 0.3) is 10.8 Å². The van der Waals surface area contributed by atoms with E-state index >= 15 is 0 Å². The number of benzene rings is 2. The number of hydrogen-bond acceptors (Lipinski definition) is 6. The lowest BCUT2D eigenvalue weighted by atomic mass is 9.82. The minimum atomic E-state index is -0.562. The van der Waals surface area contributed by atoms with Crippen LogP contribution >= 0.6 is 0 Å². The van der Waals surface area contributed by atoms with Gasteiger partial charge in [0.15, 0.2) is 11.6 Å². The molecule has 1 aliphatic rings. The first kappa shape index (κ1) is 14.2. The maximum Gasteiger partial charge on any atom is 0.199 e. The molecule has 1 heterocycles. The van der Waals surface area contributed by atoms with Crippen LogP contribution in [0.1, 0.15) is 31.8 Å². The second-order valence-electron chi connectivity index (χ2n) is 5.41. The summed E-state index contributed by atoms with van der Waals surface area (Å²) in [6.45, 7) is 0. The van der Waals surface area contributed by atoms with Crippen LogP contribution in [0.5, 0.6) is 17.2 Å². The summed E-state index contributed by atoms with van der Waals surface area (Å²) in [7, 11) is 1.41. The fraction of sp³-hybridized carbons (Fsp3) is 0.0556. The van der Waals surface area contributed by atoms with E-state index in [1.807, 2.05) is 0 Å². The van der Waals surface area contributed by atoms with Crippen molar-refractivity contribution in [2.75, 3.05) is 7.11 Å². The van der Waals surface area contributed by atoms with E-state index < -0.39 is 11.6 Å². The van der Waals surface area contributed by atoms with Crippen LogP contribution in [-0.2, 0) is 0 Å². The van der Waals surface area contributed by atoms with E-state index in [1.165, 1.54) is 25.6 Å². The van der Waals surface area contributed by atoms with Crippen molar-refractivity contribution in [3.63, 3.8) is 0 Å². The molecule has 6 heteroatoms. The SMILES string of the molecule is COc1cccc2c(O)c3c(c(O)c12)C(=O)c1cnccc1C3=O. The van der Waals surface area contributed by atoms with Crippen LogP contribution in [0.4, 0.5) is 0 Å². The minimum absolute atomic E-state index is 0.0962. The van der Waals surface area contributed by atoms with Crippen molar-refractivity contribution in [2.24, 2.45) is 0 Å². The number of fused-ring (bicyclic) bond motifs is 3. The van der Waals surface area contributed by atoms with Gasteiger partial charge in [0.05, 0.1) is 29.2 Å². The summed E-state index contributed by atoms with van der Waals surface area (Å²) in [4.78, 5) is 29.4. The number of methoxy groups -OCH3 is 1. The van der Waals surface area contributed by atoms with Gasteiger partial charge >= 0.3 is 0 Å². The van der Waals surface area contributed by atoms with Gasteiger partial charge in [0.2, 0.25) is 0 Å². The molecule has 3 aromatic rings. The molecular formula is C18H11NO5. The predicted octanol–water partition coefficient (Wildman–Crippen LogP) is 2.43. The number of ether oxygens (including phenoxy) is 1. The molecule has 2 aromatic carbocycles. The molecule has 0 amide bonds. The Balaban J connectivity index is 2.19. The number of hydrogen-bond donors (Lipinski definition) is 2. The molecule has 6 nitrogen and oxygen atoms in total. The second-order valence-corrected chi connectivity index (χ2v) is 5.41. The molecule has 4 rings (SSSR count). The Morgan fingerprint density at radius 2 is 1.67 bits per heavy atom. The van der Waals surface area contributed by atoms with Crippen molar-refractivity contribution < 1.29 is 24.5 Å². The van der Waals surface area contributed by atoms with Gasteiger partial charge < -0.3 is 14.9 Å². The van der Waals surface area contributed by atoms with Gasteiger partial charge in [-0.3, -0.25) is 14.6 Å². The van der Waals surface area contributed by atoms with E-state index in [0.29, 0.717) is 5.75 Å². The maximum absolute atomic E-state index is 12.8. The van der Waals surface area contributed by atoms with E-state index in [-0.39, 0.29) is 44.5 Å². The minimum Gasteiger partial charge on any atom is -0.506 e. The third-order valence-corrected chi connectivity index (χ3v) is 4.23. The van der Waals surface area contributed by atoms with Crippen molar-refractivity contribution in [3.05, 3.63) is 58.9 Å². The summed E-state index contributed by atoms with van der Waals surface area (Å²) in [6, 6.07) is 6.19. The zero-order valence-electron chi connectivity index (χ0n) is 12.5. The molecule has 0 spiro atoms. The van der Waals surface area contributed by atoms with Crippen molar-refractivity contribution in [2.45, 2.75) is 0 Å². The van der Waals surface area contributed by atoms with Gasteiger partial charge in [-0.05, 0) is 12.1 Å². The number of carbonyl (C=O) groups is 2. The molecule has 0 aliphatic heterocycles. The van der Waals surface area contributed by atoms with Gasteiger partial charge in [-0.1, -0.05) is 12.1 Å². The number of phenolic OH excluding ortho intramolecular Hbond substituents is 2. The highest BCUT2D eigenvalue weighted by Crippen LogP contribution is 2.46. The van der Waals surface area contributed by atoms with Crippen LogP contribution in [0, 0.1) is 0 Å². The van der Waals surface area contributed by atoms with E-state index in [1.54, 1.807) is 18.2 Å². The molecule has 0 atom stereocenters. The largest absolute Gasteiger partial charge is 0.506 e. The third kappa shape index (κ3) is 1.62. The summed E-state index contributed by atoms with van der Waals surface area (Å²) in [5, 5.41) is 21.7. The van der Waals surface area contributed by atoms with E-state index in [2.05, 4.69) is 4.98 Å². The van der Waals surface area contributed by atoms with Crippen molar-refractivity contribution in [3.8, 4) is 17.2 Å². The second kappa shape index (κ2) is 4.79. The number of rotatable bonds is 1. The smallest absolute Gasteiger partial charge is 0.199 e. The molecule has 0 radical (unpaired) electrons. The highest BCUT2D eigenvalue weighted by Gasteiger charge is 2.36. The fourth-order valence-electron chi connectivity index (χ4n) is 3.12. The van der Waals surface area contributed by atoms with Crippen LogP contribution < -0.4 is 4.74 Å². The molecule has 0 saturated heterocycles. The molecule has 0 bridgehead atoms. The molecular weight excluding hydrogens is 310 g/mol. The first-order valence-electron chi connectivity index (χ1n) is 7.14. The molecule has 2 N–H and O–H groups in total. The van der Waals surface area contributed by atoms with E-state index in [9.17, 15) is 19.8 Å². The standard InChI is InChI=1S/C18H11NO5/c1-24-11-4-2-3-9-12(11)18(23)14-13(16(9)21)15(20)8-5-6-19-7-10(8)17(14)22/h2-7,21,23H,1H3. The summed E-state index contributed by atoms with van der Waals surface area (Å²) in [5.74, 6) is -1.53. The lowest BCUT2D eigenvalue weighted by Crippen LogP contribution is -2.21. The third-order valence-electron chi connectivity index (χ3n) is 4.23. The van der Waals surface area contributed by atoms with E-state index in [4.69, 9.17) is 4.74 Å². The van der Waals surface area contributed by atoms with Crippen molar-refractivity contribution in [1.29, 1.82) is 0 Å². The summed E-state index contributed by atoms with van der Waals surface area (Å²) < 4.78 is 5.21. The normalized spacial score (nSPS) is 12.9. The Labute approximate surface area is 136 Å². The average molecular weight is 321 g/mol. The summed E-state index contributed by atoms with van der Waals surface area (Å²) in [5.41, 5.74) is -0.176. The zero-order valence-corrected chi connectivity index (χ0v) is 12.5. The number of nitrogens with zero attached hydrogens (tertiary/aromatic N) is 1. The number of phenols is 2. The van der Waals surface area contributed by atoms with Gasteiger partial charge in [-0.2, -0.15) is 0 Å². The molecule has 0 saturated carbocycles. The van der Waals surface area contributed by atoms with Gasteiger partial charge in [0.25, 0.3) is 0 Å².